The molecule has 2 aromatic heterocycles. The highest BCUT2D eigenvalue weighted by molar-refractivity contribution is 7.18. The van der Waals surface area contributed by atoms with Crippen LogP contribution in [0.2, 0.25) is 0 Å². The minimum absolute atomic E-state index is 0.0360. The number of ether oxygens (including phenoxy) is 1. The molecule has 31 heavy (non-hydrogen) atoms. The average molecular weight is 446 g/mol. The lowest BCUT2D eigenvalue weighted by Gasteiger charge is -2.36. The van der Waals surface area contributed by atoms with Crippen LogP contribution in [0.15, 0.2) is 11.1 Å². The Labute approximate surface area is 186 Å². The topological polar surface area (TPSA) is 81.5 Å². The van der Waals surface area contributed by atoms with Crippen molar-refractivity contribution in [1.29, 1.82) is 0 Å². The molecule has 1 saturated heterocycles. The Balaban J connectivity index is 1.38. The first-order chi connectivity index (χ1) is 15.0. The highest BCUT2D eigenvalue weighted by Crippen LogP contribution is 2.33. The summed E-state index contributed by atoms with van der Waals surface area (Å²) < 4.78 is 6.91. The Morgan fingerprint density at radius 1 is 1.26 bits per heavy atom. The zero-order valence-electron chi connectivity index (χ0n) is 18.4. The van der Waals surface area contributed by atoms with Gasteiger partial charge < -0.3 is 9.64 Å². The minimum atomic E-state index is -0.805. The van der Waals surface area contributed by atoms with E-state index in [0.717, 1.165) is 73.7 Å². The number of esters is 1. The maximum Gasteiger partial charge on any atom is 0.308 e. The number of nitrogens with zero attached hydrogens (tertiary/aromatic N) is 3. The van der Waals surface area contributed by atoms with Crippen LogP contribution in [-0.2, 0) is 33.7 Å². The van der Waals surface area contributed by atoms with Crippen molar-refractivity contribution in [3.8, 4) is 0 Å². The summed E-state index contributed by atoms with van der Waals surface area (Å²) in [6, 6.07) is 0.232. The average Bonchev–Trinajstić information content (AvgIpc) is 3.17. The summed E-state index contributed by atoms with van der Waals surface area (Å²) in [4.78, 5) is 46.6. The summed E-state index contributed by atoms with van der Waals surface area (Å²) in [6.07, 6.45) is 9.00. The Kier molecular flexibility index (Phi) is 6.74. The molecule has 0 aromatic carbocycles. The molecule has 7 nitrogen and oxygen atoms in total. The summed E-state index contributed by atoms with van der Waals surface area (Å²) in [6.45, 7) is 4.65. The van der Waals surface area contributed by atoms with Crippen molar-refractivity contribution in [3.63, 3.8) is 0 Å². The van der Waals surface area contributed by atoms with Gasteiger partial charge in [-0.25, -0.2) is 4.98 Å². The first kappa shape index (κ1) is 22.0. The fourth-order valence-corrected chi connectivity index (χ4v) is 6.03. The van der Waals surface area contributed by atoms with E-state index in [9.17, 15) is 14.4 Å². The molecule has 4 rings (SSSR count). The van der Waals surface area contributed by atoms with Crippen molar-refractivity contribution in [3.05, 3.63) is 27.1 Å². The fraction of sp³-hybridized carbons (Fsp3) is 0.652. The number of aromatic nitrogens is 2. The van der Waals surface area contributed by atoms with E-state index in [4.69, 9.17) is 4.74 Å². The second-order valence-electron chi connectivity index (χ2n) is 8.61. The van der Waals surface area contributed by atoms with Gasteiger partial charge in [-0.3, -0.25) is 19.0 Å². The number of likely N-dealkylation sites (tertiary alicyclic amines) is 1. The van der Waals surface area contributed by atoms with E-state index in [-0.39, 0.29) is 30.5 Å². The summed E-state index contributed by atoms with van der Waals surface area (Å²) in [5, 5.41) is 0.717. The number of carbonyl (C=O) groups excluding carboxylic acids is 2. The van der Waals surface area contributed by atoms with Crippen molar-refractivity contribution in [2.75, 3.05) is 6.54 Å². The summed E-state index contributed by atoms with van der Waals surface area (Å²) in [5.41, 5.74) is 1.06. The molecule has 0 N–H and O–H groups in total. The maximum atomic E-state index is 13.0. The Hall–Kier alpha value is -2.22. The zero-order chi connectivity index (χ0) is 22.0. The zero-order valence-corrected chi connectivity index (χ0v) is 19.2. The molecule has 0 saturated carbocycles. The first-order valence-electron chi connectivity index (χ1n) is 11.5. The van der Waals surface area contributed by atoms with Crippen LogP contribution >= 0.6 is 11.3 Å². The summed E-state index contributed by atoms with van der Waals surface area (Å²) >= 11 is 1.62. The number of rotatable bonds is 6. The maximum absolute atomic E-state index is 13.0. The third kappa shape index (κ3) is 4.54. The van der Waals surface area contributed by atoms with Crippen LogP contribution in [0, 0.1) is 0 Å². The molecular formula is C23H31N3O4S. The van der Waals surface area contributed by atoms with Gasteiger partial charge in [0, 0.05) is 24.0 Å². The van der Waals surface area contributed by atoms with Gasteiger partial charge in [-0.2, -0.15) is 0 Å². The Bertz CT molecular complexity index is 1030. The molecule has 2 unspecified atom stereocenters. The number of piperidine rings is 1. The second kappa shape index (κ2) is 9.51. The van der Waals surface area contributed by atoms with Gasteiger partial charge >= 0.3 is 5.97 Å². The molecule has 168 valence electrons. The smallest absolute Gasteiger partial charge is 0.308 e. The van der Waals surface area contributed by atoms with Crippen molar-refractivity contribution >= 4 is 33.4 Å². The van der Waals surface area contributed by atoms with Crippen LogP contribution in [-0.4, -0.2) is 45.0 Å². The molecule has 8 heteroatoms. The van der Waals surface area contributed by atoms with E-state index in [0.29, 0.717) is 0 Å². The molecular weight excluding hydrogens is 414 g/mol. The predicted molar refractivity (Wildman–Crippen MR) is 120 cm³/mol. The van der Waals surface area contributed by atoms with Crippen molar-refractivity contribution in [1.82, 2.24) is 14.5 Å². The molecule has 1 fully saturated rings. The van der Waals surface area contributed by atoms with Crippen molar-refractivity contribution in [2.45, 2.75) is 90.3 Å². The van der Waals surface area contributed by atoms with Crippen LogP contribution in [0.1, 0.15) is 69.2 Å². The normalized spacial score (nSPS) is 19.8. The van der Waals surface area contributed by atoms with E-state index in [1.807, 2.05) is 4.90 Å². The molecule has 2 aliphatic rings. The van der Waals surface area contributed by atoms with Crippen LogP contribution in [0.4, 0.5) is 0 Å². The number of aryl methyl sites for hydroxylation is 3. The summed E-state index contributed by atoms with van der Waals surface area (Å²) in [7, 11) is 0. The van der Waals surface area contributed by atoms with Gasteiger partial charge in [0.2, 0.25) is 0 Å². The van der Waals surface area contributed by atoms with E-state index < -0.39 is 12.1 Å². The van der Waals surface area contributed by atoms with Crippen LogP contribution in [0.25, 0.3) is 10.2 Å². The molecule has 2 aromatic rings. The minimum Gasteiger partial charge on any atom is -0.452 e. The fourth-order valence-electron chi connectivity index (χ4n) is 4.81. The molecule has 0 spiro atoms. The van der Waals surface area contributed by atoms with Crippen molar-refractivity contribution in [2.24, 2.45) is 0 Å². The SMILES string of the molecule is CCC1CCCCN1C(=O)C(C)OC(=O)CCn1cnc2sc3c(c2c1=O)CCCC3. The molecule has 3 heterocycles. The lowest BCUT2D eigenvalue weighted by molar-refractivity contribution is -0.161. The monoisotopic (exact) mass is 445 g/mol. The summed E-state index contributed by atoms with van der Waals surface area (Å²) in [5.74, 6) is -0.588. The van der Waals surface area contributed by atoms with Gasteiger partial charge in [0.1, 0.15) is 4.83 Å². The van der Waals surface area contributed by atoms with Gasteiger partial charge in [0.25, 0.3) is 11.5 Å². The molecule has 1 aliphatic carbocycles. The van der Waals surface area contributed by atoms with Gasteiger partial charge in [-0.05, 0) is 63.9 Å². The van der Waals surface area contributed by atoms with E-state index in [1.54, 1.807) is 18.3 Å². The van der Waals surface area contributed by atoms with E-state index in [2.05, 4.69) is 11.9 Å². The standard InChI is InChI=1S/C23H31N3O4S/c1-3-16-8-6-7-12-26(16)22(28)15(2)30-19(27)11-13-25-14-24-21-20(23(25)29)17-9-4-5-10-18(17)31-21/h14-16H,3-13H2,1-2H3. The van der Waals surface area contributed by atoms with Crippen molar-refractivity contribution < 1.29 is 14.3 Å². The molecule has 0 bridgehead atoms. The highest BCUT2D eigenvalue weighted by Gasteiger charge is 2.30. The third-order valence-electron chi connectivity index (χ3n) is 6.54. The van der Waals surface area contributed by atoms with Gasteiger partial charge in [-0.15, -0.1) is 11.3 Å². The van der Waals surface area contributed by atoms with Gasteiger partial charge in [-0.1, -0.05) is 6.92 Å². The van der Waals surface area contributed by atoms with Crippen LogP contribution in [0.5, 0.6) is 0 Å². The molecule has 1 aliphatic heterocycles. The number of thiophene rings is 1. The number of amides is 1. The molecule has 0 radical (unpaired) electrons. The Morgan fingerprint density at radius 2 is 2.06 bits per heavy atom. The molecule has 1 amide bonds. The van der Waals surface area contributed by atoms with Gasteiger partial charge in [0.05, 0.1) is 18.1 Å². The lowest BCUT2D eigenvalue weighted by Crippen LogP contribution is -2.48. The number of fused-ring (bicyclic) bond motifs is 3. The second-order valence-corrected chi connectivity index (χ2v) is 9.69. The highest BCUT2D eigenvalue weighted by atomic mass is 32.1. The number of carbonyl (C=O) groups is 2. The first-order valence-corrected chi connectivity index (χ1v) is 12.3. The number of hydrogen-bond acceptors (Lipinski definition) is 6. The van der Waals surface area contributed by atoms with Crippen LogP contribution < -0.4 is 5.56 Å². The van der Waals surface area contributed by atoms with Crippen LogP contribution in [0.3, 0.4) is 0 Å². The quantitative estimate of drug-likeness (QED) is 0.636. The molecule has 2 atom stereocenters. The lowest BCUT2D eigenvalue weighted by atomic mass is 9.97. The van der Waals surface area contributed by atoms with E-state index in [1.165, 1.54) is 15.8 Å². The van der Waals surface area contributed by atoms with Gasteiger partial charge in [0.15, 0.2) is 6.10 Å². The Morgan fingerprint density at radius 3 is 2.87 bits per heavy atom. The predicted octanol–water partition coefficient (Wildman–Crippen LogP) is 3.45. The third-order valence-corrected chi connectivity index (χ3v) is 7.74. The largest absolute Gasteiger partial charge is 0.452 e. The number of hydrogen-bond donors (Lipinski definition) is 0. The van der Waals surface area contributed by atoms with E-state index >= 15 is 0 Å².